The van der Waals surface area contributed by atoms with Gasteiger partial charge in [-0.05, 0) is 103 Å². The first-order chi connectivity index (χ1) is 14.2. The molecule has 4 rings (SSSR count). The van der Waals surface area contributed by atoms with Gasteiger partial charge in [-0.2, -0.15) is 0 Å². The van der Waals surface area contributed by atoms with Gasteiger partial charge >= 0.3 is 0 Å². The minimum atomic E-state index is 0.226. The first kappa shape index (κ1) is 22.1. The van der Waals surface area contributed by atoms with Crippen molar-refractivity contribution in [1.82, 2.24) is 0 Å². The van der Waals surface area contributed by atoms with Gasteiger partial charge in [0.2, 0.25) is 0 Å². The van der Waals surface area contributed by atoms with Crippen LogP contribution in [0.25, 0.3) is 0 Å². The Morgan fingerprint density at radius 3 is 2.53 bits per heavy atom. The number of rotatable bonds is 5. The van der Waals surface area contributed by atoms with Gasteiger partial charge in [0, 0.05) is 5.92 Å². The topological polar surface area (TPSA) is 17.1 Å². The number of hydrogen-bond donors (Lipinski definition) is 0. The summed E-state index contributed by atoms with van der Waals surface area (Å²) in [5.41, 5.74) is 1.88. The lowest BCUT2D eigenvalue weighted by Crippen LogP contribution is -2.52. The van der Waals surface area contributed by atoms with E-state index in [1.54, 1.807) is 0 Å². The molecule has 0 heterocycles. The molecule has 0 N–H and O–H groups in total. The summed E-state index contributed by atoms with van der Waals surface area (Å²) in [5, 5.41) is 0. The van der Waals surface area contributed by atoms with Crippen LogP contribution in [0.4, 0.5) is 0 Å². The average Bonchev–Trinajstić information content (AvgIpc) is 3.05. The minimum absolute atomic E-state index is 0.226. The lowest BCUT2D eigenvalue weighted by molar-refractivity contribution is -0.133. The predicted octanol–water partition coefficient (Wildman–Crippen LogP) is 7.79. The Bertz CT molecular complexity index is 754. The molecule has 4 aliphatic carbocycles. The maximum atomic E-state index is 13.4. The fourth-order valence-electron chi connectivity index (χ4n) is 8.23. The number of allylic oxidation sites excluding steroid dienone is 6. The van der Waals surface area contributed by atoms with Gasteiger partial charge in [0.15, 0.2) is 5.78 Å². The van der Waals surface area contributed by atoms with Crippen LogP contribution in [0.5, 0.6) is 0 Å². The van der Waals surface area contributed by atoms with Crippen molar-refractivity contribution in [2.75, 3.05) is 0 Å². The molecule has 4 aliphatic rings. The second-order valence-electron chi connectivity index (χ2n) is 11.9. The van der Waals surface area contributed by atoms with Crippen molar-refractivity contribution in [3.63, 3.8) is 0 Å². The summed E-state index contributed by atoms with van der Waals surface area (Å²) in [4.78, 5) is 13.4. The van der Waals surface area contributed by atoms with Gasteiger partial charge in [-0.15, -0.1) is 0 Å². The number of fused-ring (bicyclic) bond motifs is 5. The van der Waals surface area contributed by atoms with Crippen LogP contribution < -0.4 is 0 Å². The van der Waals surface area contributed by atoms with Crippen LogP contribution >= 0.6 is 0 Å². The maximum Gasteiger partial charge on any atom is 0.159 e. The monoisotopic (exact) mass is 408 g/mol. The lowest BCUT2D eigenvalue weighted by atomic mass is 9.47. The quantitative estimate of drug-likeness (QED) is 0.424. The Morgan fingerprint density at radius 1 is 1.07 bits per heavy atom. The molecule has 0 unspecified atom stereocenters. The van der Waals surface area contributed by atoms with E-state index in [0.29, 0.717) is 40.8 Å². The van der Waals surface area contributed by atoms with Crippen molar-refractivity contribution in [3.05, 3.63) is 36.0 Å². The molecule has 0 radical (unpaired) electrons. The first-order valence-corrected chi connectivity index (χ1v) is 12.8. The standard InChI is InChI=1S/C29H44O/c1-7-21(19(2)3)12-11-20(4)23-13-14-24-27-25(15-17-29(23,24)6)28(5)16-9-8-10-22(28)18-26(27)30/h8,10-12,18-21,23-25,27H,7,9,13-17H2,1-6H3/b12-11+/t20-,21-,23-,24+,25+,27+,28+,29-/m1/s1. The zero-order valence-corrected chi connectivity index (χ0v) is 20.3. The molecule has 0 aromatic rings. The number of carbonyl (C=O) groups excluding carboxylic acids is 1. The van der Waals surface area contributed by atoms with E-state index in [1.807, 2.05) is 6.08 Å². The summed E-state index contributed by atoms with van der Waals surface area (Å²) in [6.07, 6.45) is 20.3. The molecule has 166 valence electrons. The summed E-state index contributed by atoms with van der Waals surface area (Å²) in [7, 11) is 0. The van der Waals surface area contributed by atoms with Crippen molar-refractivity contribution in [2.45, 2.75) is 86.5 Å². The summed E-state index contributed by atoms with van der Waals surface area (Å²) in [5.74, 6) is 4.60. The molecule has 0 aromatic carbocycles. The van der Waals surface area contributed by atoms with E-state index >= 15 is 0 Å². The van der Waals surface area contributed by atoms with E-state index in [4.69, 9.17) is 0 Å². The minimum Gasteiger partial charge on any atom is -0.295 e. The molecule has 2 fully saturated rings. The van der Waals surface area contributed by atoms with Crippen LogP contribution in [0.2, 0.25) is 0 Å². The van der Waals surface area contributed by atoms with Gasteiger partial charge in [-0.3, -0.25) is 4.79 Å². The lowest BCUT2D eigenvalue weighted by Gasteiger charge is -2.56. The molecule has 0 aromatic heterocycles. The third kappa shape index (κ3) is 3.39. The Kier molecular flexibility index (Phi) is 5.97. The molecule has 0 bridgehead atoms. The highest BCUT2D eigenvalue weighted by molar-refractivity contribution is 5.95. The van der Waals surface area contributed by atoms with Crippen LogP contribution in [0, 0.1) is 52.3 Å². The van der Waals surface area contributed by atoms with E-state index < -0.39 is 0 Å². The Labute approximate surface area is 185 Å². The van der Waals surface area contributed by atoms with Gasteiger partial charge in [-0.1, -0.05) is 65.8 Å². The molecule has 30 heavy (non-hydrogen) atoms. The van der Waals surface area contributed by atoms with E-state index in [1.165, 1.54) is 50.5 Å². The fraction of sp³-hybridized carbons (Fsp3) is 0.759. The van der Waals surface area contributed by atoms with E-state index in [2.05, 4.69) is 65.8 Å². The van der Waals surface area contributed by atoms with Gasteiger partial charge in [0.25, 0.3) is 0 Å². The molecule has 0 aliphatic heterocycles. The highest BCUT2D eigenvalue weighted by atomic mass is 16.1. The van der Waals surface area contributed by atoms with Gasteiger partial charge in [0.05, 0.1) is 0 Å². The first-order valence-electron chi connectivity index (χ1n) is 12.8. The fourth-order valence-corrected chi connectivity index (χ4v) is 8.23. The van der Waals surface area contributed by atoms with Crippen molar-refractivity contribution >= 4 is 5.78 Å². The Morgan fingerprint density at radius 2 is 1.83 bits per heavy atom. The van der Waals surface area contributed by atoms with Crippen LogP contribution in [0.15, 0.2) is 36.0 Å². The SMILES string of the molecule is CC[C@H](/C=C/[C@@H](C)[C@H]1CC[C@H]2[C@@H]3C(=O)C=C4C=CCC[C@]4(C)[C@H]3CC[C@]12C)C(C)C. The van der Waals surface area contributed by atoms with Crippen LogP contribution in [-0.2, 0) is 4.79 Å². The molecular formula is C29H44O. The zero-order chi connectivity index (χ0) is 21.7. The zero-order valence-electron chi connectivity index (χ0n) is 20.3. The van der Waals surface area contributed by atoms with Crippen LogP contribution in [0.1, 0.15) is 86.5 Å². The van der Waals surface area contributed by atoms with E-state index in [0.717, 1.165) is 5.92 Å². The summed E-state index contributed by atoms with van der Waals surface area (Å²) >= 11 is 0. The van der Waals surface area contributed by atoms with Crippen molar-refractivity contribution in [1.29, 1.82) is 0 Å². The van der Waals surface area contributed by atoms with Gasteiger partial charge in [0.1, 0.15) is 0 Å². The smallest absolute Gasteiger partial charge is 0.159 e. The van der Waals surface area contributed by atoms with Crippen molar-refractivity contribution in [3.8, 4) is 0 Å². The summed E-state index contributed by atoms with van der Waals surface area (Å²) in [6, 6.07) is 0. The van der Waals surface area contributed by atoms with Crippen molar-refractivity contribution < 1.29 is 4.79 Å². The number of ketones is 1. The van der Waals surface area contributed by atoms with Gasteiger partial charge in [-0.25, -0.2) is 0 Å². The molecule has 1 heteroatoms. The Balaban J connectivity index is 1.58. The average molecular weight is 409 g/mol. The molecule has 1 nitrogen and oxygen atoms in total. The van der Waals surface area contributed by atoms with E-state index in [9.17, 15) is 4.79 Å². The Hall–Kier alpha value is -1.11. The third-order valence-electron chi connectivity index (χ3n) is 10.2. The predicted molar refractivity (Wildman–Crippen MR) is 127 cm³/mol. The van der Waals surface area contributed by atoms with Crippen LogP contribution in [0.3, 0.4) is 0 Å². The third-order valence-corrected chi connectivity index (χ3v) is 10.2. The molecule has 0 spiro atoms. The molecular weight excluding hydrogens is 364 g/mol. The maximum absolute atomic E-state index is 13.4. The number of hydrogen-bond acceptors (Lipinski definition) is 1. The van der Waals surface area contributed by atoms with Crippen LogP contribution in [-0.4, -0.2) is 5.78 Å². The molecule has 2 saturated carbocycles. The van der Waals surface area contributed by atoms with Crippen molar-refractivity contribution in [2.24, 2.45) is 52.3 Å². The largest absolute Gasteiger partial charge is 0.295 e. The normalized spacial score (nSPS) is 42.6. The second kappa shape index (κ2) is 8.10. The second-order valence-corrected chi connectivity index (χ2v) is 11.9. The number of carbonyl (C=O) groups is 1. The summed E-state index contributed by atoms with van der Waals surface area (Å²) in [6.45, 7) is 14.5. The molecule has 0 amide bonds. The van der Waals surface area contributed by atoms with Gasteiger partial charge < -0.3 is 0 Å². The molecule has 0 saturated heterocycles. The highest BCUT2D eigenvalue weighted by Crippen LogP contribution is 2.66. The van der Waals surface area contributed by atoms with E-state index in [-0.39, 0.29) is 11.3 Å². The highest BCUT2D eigenvalue weighted by Gasteiger charge is 2.60. The summed E-state index contributed by atoms with van der Waals surface area (Å²) < 4.78 is 0. The molecule has 8 atom stereocenters.